The van der Waals surface area contributed by atoms with Crippen molar-refractivity contribution in [2.75, 3.05) is 12.1 Å². The molecule has 128 valence electrons. The number of hydrogen-bond acceptors (Lipinski definition) is 4. The molecule has 0 bridgehead atoms. The van der Waals surface area contributed by atoms with E-state index >= 15 is 0 Å². The molecule has 0 unspecified atom stereocenters. The van der Waals surface area contributed by atoms with Gasteiger partial charge in [0.15, 0.2) is 11.5 Å². The fourth-order valence-corrected chi connectivity index (χ4v) is 3.91. The topological polar surface area (TPSA) is 59.6 Å². The highest BCUT2D eigenvalue weighted by atomic mass is 32.1. The number of thiophene rings is 1. The minimum absolute atomic E-state index is 0.0204. The lowest BCUT2D eigenvalue weighted by molar-refractivity contribution is 0.174. The standard InChI is InChI=1S/C19H18N2O3S/c1-12(8-13-10-25-18-5-3-2-4-15(13)18)20-19(22)21-14-6-7-16-17(9-14)24-11-23-16/h2-7,9-10,12H,8,11H2,1H3,(H2,20,21,22)/t12-/m1/s1. The van der Waals surface area contributed by atoms with Crippen molar-refractivity contribution in [1.29, 1.82) is 0 Å². The fraction of sp³-hybridized carbons (Fsp3) is 0.211. The number of anilines is 1. The summed E-state index contributed by atoms with van der Waals surface area (Å²) in [5.74, 6) is 1.35. The van der Waals surface area contributed by atoms with Crippen molar-refractivity contribution in [1.82, 2.24) is 5.32 Å². The molecule has 1 aliphatic rings. The zero-order valence-corrected chi connectivity index (χ0v) is 14.6. The van der Waals surface area contributed by atoms with Crippen LogP contribution in [0.3, 0.4) is 0 Å². The minimum atomic E-state index is -0.231. The summed E-state index contributed by atoms with van der Waals surface area (Å²) < 4.78 is 11.9. The van der Waals surface area contributed by atoms with Gasteiger partial charge in [-0.2, -0.15) is 0 Å². The monoisotopic (exact) mass is 354 g/mol. The van der Waals surface area contributed by atoms with E-state index in [4.69, 9.17) is 9.47 Å². The van der Waals surface area contributed by atoms with Crippen molar-refractivity contribution in [3.8, 4) is 11.5 Å². The summed E-state index contributed by atoms with van der Waals surface area (Å²) in [6, 6.07) is 13.5. The van der Waals surface area contributed by atoms with Crippen LogP contribution >= 0.6 is 11.3 Å². The molecular weight excluding hydrogens is 336 g/mol. The van der Waals surface area contributed by atoms with Crippen molar-refractivity contribution in [2.24, 2.45) is 0 Å². The fourth-order valence-electron chi connectivity index (χ4n) is 2.94. The van der Waals surface area contributed by atoms with Crippen molar-refractivity contribution >= 4 is 33.1 Å². The third-order valence-electron chi connectivity index (χ3n) is 4.10. The van der Waals surface area contributed by atoms with Crippen LogP contribution in [-0.2, 0) is 6.42 Å². The van der Waals surface area contributed by atoms with Crippen molar-refractivity contribution in [3.05, 3.63) is 53.4 Å². The Morgan fingerprint density at radius 3 is 2.96 bits per heavy atom. The number of urea groups is 1. The molecule has 2 aromatic carbocycles. The van der Waals surface area contributed by atoms with Gasteiger partial charge in [0.2, 0.25) is 6.79 Å². The van der Waals surface area contributed by atoms with Gasteiger partial charge in [-0.05, 0) is 47.9 Å². The Bertz CT molecular complexity index is 922. The first-order chi connectivity index (χ1) is 12.2. The molecule has 1 atom stereocenters. The van der Waals surface area contributed by atoms with Gasteiger partial charge in [0, 0.05) is 22.5 Å². The third kappa shape index (κ3) is 3.39. The summed E-state index contributed by atoms with van der Waals surface area (Å²) in [7, 11) is 0. The largest absolute Gasteiger partial charge is 0.454 e. The Morgan fingerprint density at radius 2 is 2.04 bits per heavy atom. The van der Waals surface area contributed by atoms with Gasteiger partial charge in [-0.15, -0.1) is 11.3 Å². The highest BCUT2D eigenvalue weighted by Crippen LogP contribution is 2.34. The number of nitrogens with one attached hydrogen (secondary N) is 2. The summed E-state index contributed by atoms with van der Waals surface area (Å²) in [4.78, 5) is 12.2. The molecular formula is C19H18N2O3S. The van der Waals surface area contributed by atoms with E-state index in [-0.39, 0.29) is 18.9 Å². The highest BCUT2D eigenvalue weighted by molar-refractivity contribution is 7.17. The molecule has 1 aliphatic heterocycles. The number of benzene rings is 2. The van der Waals surface area contributed by atoms with Crippen LogP contribution in [0, 0.1) is 0 Å². The van der Waals surface area contributed by atoms with Crippen LogP contribution in [0.15, 0.2) is 47.8 Å². The molecule has 1 aromatic heterocycles. The molecule has 6 heteroatoms. The zero-order chi connectivity index (χ0) is 17.2. The van der Waals surface area contributed by atoms with Crippen LogP contribution in [-0.4, -0.2) is 18.9 Å². The van der Waals surface area contributed by atoms with E-state index in [1.807, 2.05) is 19.1 Å². The molecule has 0 saturated carbocycles. The molecule has 2 N–H and O–H groups in total. The average molecular weight is 354 g/mol. The molecule has 25 heavy (non-hydrogen) atoms. The zero-order valence-electron chi connectivity index (χ0n) is 13.7. The quantitative estimate of drug-likeness (QED) is 0.731. The Balaban J connectivity index is 1.37. The first-order valence-corrected chi connectivity index (χ1v) is 8.99. The van der Waals surface area contributed by atoms with E-state index in [0.717, 1.165) is 6.42 Å². The van der Waals surface area contributed by atoms with Gasteiger partial charge in [0.1, 0.15) is 0 Å². The normalized spacial score (nSPS) is 13.6. The van der Waals surface area contributed by atoms with E-state index in [1.165, 1.54) is 15.6 Å². The van der Waals surface area contributed by atoms with Gasteiger partial charge < -0.3 is 20.1 Å². The van der Waals surface area contributed by atoms with Crippen molar-refractivity contribution < 1.29 is 14.3 Å². The lowest BCUT2D eigenvalue weighted by Crippen LogP contribution is -2.37. The molecule has 0 aliphatic carbocycles. The maximum atomic E-state index is 12.2. The summed E-state index contributed by atoms with van der Waals surface area (Å²) in [5.41, 5.74) is 1.94. The van der Waals surface area contributed by atoms with Gasteiger partial charge in [0.05, 0.1) is 0 Å². The first kappa shape index (κ1) is 15.8. The third-order valence-corrected chi connectivity index (χ3v) is 5.11. The molecule has 4 rings (SSSR count). The second-order valence-electron chi connectivity index (χ2n) is 6.03. The van der Waals surface area contributed by atoms with Gasteiger partial charge in [-0.25, -0.2) is 4.79 Å². The van der Waals surface area contributed by atoms with Crippen LogP contribution < -0.4 is 20.1 Å². The highest BCUT2D eigenvalue weighted by Gasteiger charge is 2.15. The second kappa shape index (κ2) is 6.64. The number of hydrogen-bond donors (Lipinski definition) is 2. The van der Waals surface area contributed by atoms with Crippen molar-refractivity contribution in [3.63, 3.8) is 0 Å². The van der Waals surface area contributed by atoms with Crippen molar-refractivity contribution in [2.45, 2.75) is 19.4 Å². The lowest BCUT2D eigenvalue weighted by Gasteiger charge is -2.14. The molecule has 0 saturated heterocycles. The average Bonchev–Trinajstić information content (AvgIpc) is 3.21. The second-order valence-corrected chi connectivity index (χ2v) is 6.94. The van der Waals surface area contributed by atoms with Crippen LogP contribution in [0.25, 0.3) is 10.1 Å². The number of ether oxygens (including phenoxy) is 2. The van der Waals surface area contributed by atoms with E-state index in [9.17, 15) is 4.79 Å². The van der Waals surface area contributed by atoms with Crippen LogP contribution in [0.1, 0.15) is 12.5 Å². The smallest absolute Gasteiger partial charge is 0.319 e. The number of fused-ring (bicyclic) bond motifs is 2. The number of amides is 2. The van der Waals surface area contributed by atoms with E-state index in [2.05, 4.69) is 28.1 Å². The maximum Gasteiger partial charge on any atom is 0.319 e. The Morgan fingerprint density at radius 1 is 1.20 bits per heavy atom. The molecule has 2 amide bonds. The van der Waals surface area contributed by atoms with Gasteiger partial charge in [-0.3, -0.25) is 0 Å². The number of carbonyl (C=O) groups excluding carboxylic acids is 1. The Kier molecular flexibility index (Phi) is 4.19. The summed E-state index contributed by atoms with van der Waals surface area (Å²) in [6.45, 7) is 2.22. The first-order valence-electron chi connectivity index (χ1n) is 8.11. The number of carbonyl (C=O) groups is 1. The lowest BCUT2D eigenvalue weighted by atomic mass is 10.1. The molecule has 5 nitrogen and oxygen atoms in total. The summed E-state index contributed by atoms with van der Waals surface area (Å²) >= 11 is 1.73. The molecule has 3 aromatic rings. The van der Waals surface area contributed by atoms with E-state index in [1.54, 1.807) is 29.5 Å². The van der Waals surface area contributed by atoms with E-state index < -0.39 is 0 Å². The Labute approximate surface area is 149 Å². The minimum Gasteiger partial charge on any atom is -0.454 e. The predicted molar refractivity (Wildman–Crippen MR) is 99.7 cm³/mol. The maximum absolute atomic E-state index is 12.2. The molecule has 0 fully saturated rings. The van der Waals surface area contributed by atoms with Gasteiger partial charge in [0.25, 0.3) is 0 Å². The summed E-state index contributed by atoms with van der Waals surface area (Å²) in [6.07, 6.45) is 0.790. The van der Waals surface area contributed by atoms with Crippen LogP contribution in [0.2, 0.25) is 0 Å². The molecule has 0 radical (unpaired) electrons. The summed E-state index contributed by atoms with van der Waals surface area (Å²) in [5, 5.41) is 9.24. The predicted octanol–water partition coefficient (Wildman–Crippen LogP) is 4.38. The molecule has 0 spiro atoms. The Hall–Kier alpha value is -2.73. The SMILES string of the molecule is C[C@H](Cc1csc2ccccc12)NC(=O)Nc1ccc2c(c1)OCO2. The van der Waals surface area contributed by atoms with Gasteiger partial charge >= 0.3 is 6.03 Å². The van der Waals surface area contributed by atoms with Crippen LogP contribution in [0.5, 0.6) is 11.5 Å². The number of rotatable bonds is 4. The molecule has 2 heterocycles. The van der Waals surface area contributed by atoms with E-state index in [0.29, 0.717) is 17.2 Å². The van der Waals surface area contributed by atoms with Gasteiger partial charge in [-0.1, -0.05) is 18.2 Å². The van der Waals surface area contributed by atoms with Crippen LogP contribution in [0.4, 0.5) is 10.5 Å².